The normalized spacial score (nSPS) is 12.8. The minimum atomic E-state index is -0.999. The Morgan fingerprint density at radius 2 is 2.62 bits per heavy atom. The lowest BCUT2D eigenvalue weighted by Gasteiger charge is -2.10. The molecule has 1 N–H and O–H groups in total. The van der Waals surface area contributed by atoms with Crippen LogP contribution < -0.4 is 0 Å². The summed E-state index contributed by atoms with van der Waals surface area (Å²) in [4.78, 5) is 10.7. The van der Waals surface area contributed by atoms with Gasteiger partial charge < -0.3 is 9.84 Å². The molecule has 1 aromatic heterocycles. The molecule has 1 unspecified atom stereocenters. The molecule has 0 aromatic carbocycles. The second kappa shape index (κ2) is 4.25. The van der Waals surface area contributed by atoms with Gasteiger partial charge in [0.1, 0.15) is 0 Å². The Labute approximate surface area is 79.9 Å². The zero-order valence-corrected chi connectivity index (χ0v) is 7.73. The number of hydrogen-bond donors (Lipinski definition) is 1. The van der Waals surface area contributed by atoms with E-state index in [0.717, 1.165) is 0 Å². The first-order valence-electron chi connectivity index (χ1n) is 3.56. The van der Waals surface area contributed by atoms with E-state index in [9.17, 15) is 4.79 Å². The van der Waals surface area contributed by atoms with Crippen LogP contribution >= 0.6 is 11.6 Å². The highest BCUT2D eigenvalue weighted by molar-refractivity contribution is 6.30. The molecule has 72 valence electrons. The molecule has 0 saturated carbocycles. The van der Waals surface area contributed by atoms with Crippen molar-refractivity contribution in [1.82, 2.24) is 9.78 Å². The van der Waals surface area contributed by atoms with Crippen molar-refractivity contribution in [1.29, 1.82) is 0 Å². The highest BCUT2D eigenvalue weighted by Crippen LogP contribution is 2.11. The van der Waals surface area contributed by atoms with E-state index in [2.05, 4.69) is 5.10 Å². The molecule has 0 bridgehead atoms. The summed E-state index contributed by atoms with van der Waals surface area (Å²) >= 11 is 5.59. The number of rotatable bonds is 4. The SMILES string of the molecule is COCC(C(=O)O)n1cc(Cl)cn1. The summed E-state index contributed by atoms with van der Waals surface area (Å²) in [6.07, 6.45) is 2.83. The highest BCUT2D eigenvalue weighted by Gasteiger charge is 2.19. The van der Waals surface area contributed by atoms with Crippen LogP contribution in [0, 0.1) is 0 Å². The largest absolute Gasteiger partial charge is 0.480 e. The predicted octanol–water partition coefficient (Wildman–Crippen LogP) is 0.809. The highest BCUT2D eigenvalue weighted by atomic mass is 35.5. The molecule has 1 atom stereocenters. The fourth-order valence-corrected chi connectivity index (χ4v) is 1.05. The summed E-state index contributed by atoms with van der Waals surface area (Å²) in [6.45, 7) is 0.0628. The summed E-state index contributed by atoms with van der Waals surface area (Å²) < 4.78 is 6.00. The van der Waals surface area contributed by atoms with Crippen LogP contribution in [0.25, 0.3) is 0 Å². The van der Waals surface area contributed by atoms with E-state index >= 15 is 0 Å². The molecule has 0 aliphatic carbocycles. The number of halogens is 1. The van der Waals surface area contributed by atoms with Gasteiger partial charge in [0, 0.05) is 13.3 Å². The zero-order chi connectivity index (χ0) is 9.84. The lowest BCUT2D eigenvalue weighted by molar-refractivity contribution is -0.142. The van der Waals surface area contributed by atoms with Gasteiger partial charge in [0.2, 0.25) is 0 Å². The summed E-state index contributed by atoms with van der Waals surface area (Å²) in [6, 6.07) is -0.822. The summed E-state index contributed by atoms with van der Waals surface area (Å²) in [5.41, 5.74) is 0. The second-order valence-electron chi connectivity index (χ2n) is 2.45. The third-order valence-corrected chi connectivity index (χ3v) is 1.69. The van der Waals surface area contributed by atoms with Crippen LogP contribution in [0.4, 0.5) is 0 Å². The van der Waals surface area contributed by atoms with Gasteiger partial charge in [-0.05, 0) is 0 Å². The number of carboxylic acid groups (broad SMARTS) is 1. The fraction of sp³-hybridized carbons (Fsp3) is 0.429. The monoisotopic (exact) mass is 204 g/mol. The Morgan fingerprint density at radius 3 is 3.00 bits per heavy atom. The molecule has 0 radical (unpaired) electrons. The zero-order valence-electron chi connectivity index (χ0n) is 6.98. The first kappa shape index (κ1) is 10.0. The van der Waals surface area contributed by atoms with Crippen LogP contribution in [-0.4, -0.2) is 34.6 Å². The predicted molar refractivity (Wildman–Crippen MR) is 45.8 cm³/mol. The number of carboxylic acids is 1. The number of carbonyl (C=O) groups is 1. The second-order valence-corrected chi connectivity index (χ2v) is 2.88. The van der Waals surface area contributed by atoms with E-state index in [4.69, 9.17) is 21.4 Å². The van der Waals surface area contributed by atoms with Crippen LogP contribution in [0.3, 0.4) is 0 Å². The quantitative estimate of drug-likeness (QED) is 0.788. The van der Waals surface area contributed by atoms with Gasteiger partial charge in [0.05, 0.1) is 17.8 Å². The standard InChI is InChI=1S/C7H9ClN2O3/c1-13-4-6(7(11)12)10-3-5(8)2-9-10/h2-3,6H,4H2,1H3,(H,11,12). The van der Waals surface area contributed by atoms with Crippen molar-refractivity contribution in [3.63, 3.8) is 0 Å². The first-order chi connectivity index (χ1) is 6.15. The molecule has 0 aliphatic rings. The van der Waals surface area contributed by atoms with E-state index in [1.807, 2.05) is 0 Å². The molecule has 0 saturated heterocycles. The molecular weight excluding hydrogens is 196 g/mol. The van der Waals surface area contributed by atoms with Crippen molar-refractivity contribution >= 4 is 17.6 Å². The third kappa shape index (κ3) is 2.43. The molecule has 0 fully saturated rings. The summed E-state index contributed by atoms with van der Waals surface area (Å²) in [5, 5.41) is 13.0. The summed E-state index contributed by atoms with van der Waals surface area (Å²) in [5.74, 6) is -0.999. The maximum absolute atomic E-state index is 10.7. The maximum Gasteiger partial charge on any atom is 0.330 e. The average molecular weight is 205 g/mol. The lowest BCUT2D eigenvalue weighted by atomic mass is 10.3. The Kier molecular flexibility index (Phi) is 3.27. The number of ether oxygens (including phenoxy) is 1. The lowest BCUT2D eigenvalue weighted by Crippen LogP contribution is -2.23. The van der Waals surface area contributed by atoms with Crippen molar-refractivity contribution in [2.75, 3.05) is 13.7 Å². The molecule has 0 spiro atoms. The number of hydrogen-bond acceptors (Lipinski definition) is 3. The van der Waals surface area contributed by atoms with Crippen LogP contribution in [0.1, 0.15) is 6.04 Å². The van der Waals surface area contributed by atoms with Crippen molar-refractivity contribution in [2.45, 2.75) is 6.04 Å². The smallest absolute Gasteiger partial charge is 0.330 e. The molecular formula is C7H9ClN2O3. The molecule has 13 heavy (non-hydrogen) atoms. The van der Waals surface area contributed by atoms with Crippen molar-refractivity contribution in [3.8, 4) is 0 Å². The van der Waals surface area contributed by atoms with Crippen LogP contribution in [-0.2, 0) is 9.53 Å². The van der Waals surface area contributed by atoms with Gasteiger partial charge in [0.15, 0.2) is 6.04 Å². The van der Waals surface area contributed by atoms with Gasteiger partial charge in [0.25, 0.3) is 0 Å². The number of nitrogens with zero attached hydrogens (tertiary/aromatic N) is 2. The van der Waals surface area contributed by atoms with E-state index in [-0.39, 0.29) is 6.61 Å². The Morgan fingerprint density at radius 1 is 1.92 bits per heavy atom. The average Bonchev–Trinajstić information content (AvgIpc) is 2.46. The third-order valence-electron chi connectivity index (χ3n) is 1.50. The molecule has 6 heteroatoms. The fourth-order valence-electron chi connectivity index (χ4n) is 0.904. The molecule has 0 aliphatic heterocycles. The van der Waals surface area contributed by atoms with Crippen LogP contribution in [0.15, 0.2) is 12.4 Å². The van der Waals surface area contributed by atoms with E-state index in [1.54, 1.807) is 0 Å². The van der Waals surface area contributed by atoms with E-state index < -0.39 is 12.0 Å². The molecule has 1 heterocycles. The molecule has 5 nitrogen and oxygen atoms in total. The molecule has 0 amide bonds. The van der Waals surface area contributed by atoms with E-state index in [1.165, 1.54) is 24.2 Å². The van der Waals surface area contributed by atoms with Gasteiger partial charge in [-0.3, -0.25) is 4.68 Å². The Hall–Kier alpha value is -1.07. The number of aliphatic carboxylic acids is 1. The van der Waals surface area contributed by atoms with E-state index in [0.29, 0.717) is 5.02 Å². The first-order valence-corrected chi connectivity index (χ1v) is 3.94. The topological polar surface area (TPSA) is 64.3 Å². The maximum atomic E-state index is 10.7. The number of methoxy groups -OCH3 is 1. The van der Waals surface area contributed by atoms with Crippen molar-refractivity contribution < 1.29 is 14.6 Å². The van der Waals surface area contributed by atoms with Gasteiger partial charge >= 0.3 is 5.97 Å². The van der Waals surface area contributed by atoms with Crippen LogP contribution in [0.5, 0.6) is 0 Å². The van der Waals surface area contributed by atoms with Crippen molar-refractivity contribution in [3.05, 3.63) is 17.4 Å². The van der Waals surface area contributed by atoms with Crippen LogP contribution in [0.2, 0.25) is 5.02 Å². The number of aromatic nitrogens is 2. The molecule has 1 rings (SSSR count). The molecule has 1 aromatic rings. The van der Waals surface area contributed by atoms with Gasteiger partial charge in [-0.2, -0.15) is 5.10 Å². The Balaban J connectivity index is 2.81. The summed E-state index contributed by atoms with van der Waals surface area (Å²) in [7, 11) is 1.43. The minimum absolute atomic E-state index is 0.0628. The Bertz CT molecular complexity index is 300. The van der Waals surface area contributed by atoms with Gasteiger partial charge in [-0.25, -0.2) is 4.79 Å². The van der Waals surface area contributed by atoms with Crippen molar-refractivity contribution in [2.24, 2.45) is 0 Å². The minimum Gasteiger partial charge on any atom is -0.480 e. The van der Waals surface area contributed by atoms with Gasteiger partial charge in [-0.15, -0.1) is 0 Å². The van der Waals surface area contributed by atoms with Gasteiger partial charge in [-0.1, -0.05) is 11.6 Å².